The minimum Gasteiger partial charge on any atom is -0.508 e. The van der Waals surface area contributed by atoms with E-state index in [1.165, 1.54) is 30.3 Å². The van der Waals surface area contributed by atoms with Crippen LogP contribution in [0.25, 0.3) is 0 Å². The number of hydrogen-bond donors (Lipinski definition) is 2. The molecule has 2 N–H and O–H groups in total. The summed E-state index contributed by atoms with van der Waals surface area (Å²) in [7, 11) is 0. The molecule has 1 fully saturated rings. The number of aromatic amines is 1. The van der Waals surface area contributed by atoms with Gasteiger partial charge in [-0.25, -0.2) is 9.29 Å². The molecule has 2 aliphatic rings. The number of halogens is 1. The van der Waals surface area contributed by atoms with Crippen molar-refractivity contribution in [2.45, 2.75) is 16.2 Å². The van der Waals surface area contributed by atoms with E-state index in [0.29, 0.717) is 21.2 Å². The molecule has 1 aromatic heterocycles. The highest BCUT2D eigenvalue weighted by Gasteiger charge is 2.56. The van der Waals surface area contributed by atoms with Crippen LogP contribution in [0.3, 0.4) is 0 Å². The number of anilines is 1. The molecule has 2 amide bonds. The number of imide groups is 1. The molecule has 0 bridgehead atoms. The maximum absolute atomic E-state index is 13.4. The van der Waals surface area contributed by atoms with Gasteiger partial charge >= 0.3 is 4.87 Å². The summed E-state index contributed by atoms with van der Waals surface area (Å²) in [6.45, 7) is 0. The van der Waals surface area contributed by atoms with E-state index >= 15 is 0 Å². The predicted octanol–water partition coefficient (Wildman–Crippen LogP) is 3.08. The van der Waals surface area contributed by atoms with Crippen LogP contribution < -0.4 is 9.77 Å². The average molecular weight is 428 g/mol. The van der Waals surface area contributed by atoms with Crippen molar-refractivity contribution in [1.29, 1.82) is 0 Å². The van der Waals surface area contributed by atoms with Gasteiger partial charge in [0.2, 0.25) is 11.8 Å². The van der Waals surface area contributed by atoms with Crippen molar-refractivity contribution in [1.82, 2.24) is 4.98 Å². The highest BCUT2D eigenvalue weighted by atomic mass is 32.2. The van der Waals surface area contributed by atoms with Gasteiger partial charge in [0.25, 0.3) is 0 Å². The fourth-order valence-electron chi connectivity index (χ4n) is 3.95. The second-order valence-corrected chi connectivity index (χ2v) is 8.96. The Kier molecular flexibility index (Phi) is 4.11. The zero-order valence-electron chi connectivity index (χ0n) is 14.7. The number of nitrogens with zero attached hydrogens (tertiary/aromatic N) is 1. The van der Waals surface area contributed by atoms with Crippen LogP contribution in [-0.4, -0.2) is 27.2 Å². The molecular weight excluding hydrogens is 415 g/mol. The van der Waals surface area contributed by atoms with Crippen molar-refractivity contribution in [2.75, 3.05) is 4.90 Å². The number of carbonyl (C=O) groups excluding carboxylic acids is 2. The average Bonchev–Trinajstić information content (AvgIpc) is 3.19. The second kappa shape index (κ2) is 6.57. The summed E-state index contributed by atoms with van der Waals surface area (Å²) in [6, 6.07) is 11.8. The molecule has 3 atom stereocenters. The van der Waals surface area contributed by atoms with Crippen molar-refractivity contribution < 1.29 is 19.1 Å². The minimum atomic E-state index is -0.787. The van der Waals surface area contributed by atoms with Gasteiger partial charge in [0.15, 0.2) is 0 Å². The molecule has 9 heteroatoms. The number of aromatic hydroxyl groups is 1. The molecule has 0 saturated carbocycles. The van der Waals surface area contributed by atoms with Crippen molar-refractivity contribution in [2.24, 2.45) is 5.92 Å². The first-order valence-corrected chi connectivity index (χ1v) is 10.5. The Morgan fingerprint density at radius 2 is 1.72 bits per heavy atom. The molecule has 29 heavy (non-hydrogen) atoms. The van der Waals surface area contributed by atoms with Gasteiger partial charge in [-0.1, -0.05) is 41.3 Å². The lowest BCUT2D eigenvalue weighted by Gasteiger charge is -2.30. The van der Waals surface area contributed by atoms with Crippen LogP contribution in [0.15, 0.2) is 58.4 Å². The Bertz CT molecular complexity index is 1200. The maximum Gasteiger partial charge on any atom is 0.305 e. The highest BCUT2D eigenvalue weighted by molar-refractivity contribution is 8.00. The van der Waals surface area contributed by atoms with Crippen LogP contribution in [0.1, 0.15) is 16.4 Å². The van der Waals surface area contributed by atoms with Crippen molar-refractivity contribution in [3.8, 4) is 5.75 Å². The zero-order chi connectivity index (χ0) is 20.3. The van der Waals surface area contributed by atoms with Gasteiger partial charge in [-0.2, -0.15) is 0 Å². The number of nitrogens with one attached hydrogen (secondary N) is 1. The predicted molar refractivity (Wildman–Crippen MR) is 107 cm³/mol. The van der Waals surface area contributed by atoms with E-state index in [1.807, 2.05) is 0 Å². The van der Waals surface area contributed by atoms with Crippen molar-refractivity contribution in [3.05, 3.63) is 74.5 Å². The summed E-state index contributed by atoms with van der Waals surface area (Å²) < 4.78 is 13.3. The van der Waals surface area contributed by atoms with Gasteiger partial charge in [0.1, 0.15) is 16.8 Å². The molecule has 6 nitrogen and oxygen atoms in total. The molecule has 2 aliphatic heterocycles. The van der Waals surface area contributed by atoms with E-state index in [1.54, 1.807) is 18.2 Å². The van der Waals surface area contributed by atoms with Gasteiger partial charge in [-0.3, -0.25) is 14.4 Å². The number of H-pyrrole nitrogens is 1. The lowest BCUT2D eigenvalue weighted by molar-refractivity contribution is -0.122. The van der Waals surface area contributed by atoms with E-state index in [-0.39, 0.29) is 10.6 Å². The zero-order valence-corrected chi connectivity index (χ0v) is 16.3. The Labute approximate surface area is 172 Å². The molecule has 3 aromatic rings. The molecule has 0 radical (unpaired) electrons. The standard InChI is InChI=1S/C20H13FN2O4S2/c21-9-5-7-10(8-6-9)23-18(25)14-13(11-3-1-2-4-12(11)24)15-17(22-20(27)29-15)28-16(14)19(23)26/h1-8,13-14,16,24H,(H,22,27). The fraction of sp³-hybridized carbons (Fsp3) is 0.150. The van der Waals surface area contributed by atoms with Gasteiger partial charge in [-0.15, -0.1) is 0 Å². The summed E-state index contributed by atoms with van der Waals surface area (Å²) in [5.74, 6) is -2.75. The first-order valence-electron chi connectivity index (χ1n) is 8.76. The molecule has 1 saturated heterocycles. The Balaban J connectivity index is 1.67. The topological polar surface area (TPSA) is 90.5 Å². The SMILES string of the molecule is O=C1C2Sc3[nH]c(=O)sc3C(c3ccccc3O)C2C(=O)N1c1ccc(F)cc1. The van der Waals surface area contributed by atoms with Crippen LogP contribution in [-0.2, 0) is 9.59 Å². The number of aromatic nitrogens is 1. The van der Waals surface area contributed by atoms with E-state index in [9.17, 15) is 23.9 Å². The number of thioether (sulfide) groups is 1. The molecule has 5 rings (SSSR count). The first-order chi connectivity index (χ1) is 14.0. The number of thiazole rings is 1. The summed E-state index contributed by atoms with van der Waals surface area (Å²) in [4.78, 5) is 42.7. The lowest BCUT2D eigenvalue weighted by atomic mass is 9.82. The third-order valence-electron chi connectivity index (χ3n) is 5.18. The fourth-order valence-corrected chi connectivity index (χ4v) is 6.45. The van der Waals surface area contributed by atoms with Crippen LogP contribution in [0.5, 0.6) is 5.75 Å². The summed E-state index contributed by atoms with van der Waals surface area (Å²) in [6.07, 6.45) is 0. The normalized spacial score (nSPS) is 23.2. The second-order valence-electron chi connectivity index (χ2n) is 6.80. The molecule has 146 valence electrons. The molecule has 0 spiro atoms. The number of fused-ring (bicyclic) bond motifs is 2. The first kappa shape index (κ1) is 18.1. The van der Waals surface area contributed by atoms with Crippen LogP contribution >= 0.6 is 23.1 Å². The Hall–Kier alpha value is -2.91. The van der Waals surface area contributed by atoms with Crippen molar-refractivity contribution >= 4 is 40.6 Å². The van der Waals surface area contributed by atoms with E-state index in [2.05, 4.69) is 4.98 Å². The smallest absolute Gasteiger partial charge is 0.305 e. The van der Waals surface area contributed by atoms with E-state index in [0.717, 1.165) is 28.0 Å². The van der Waals surface area contributed by atoms with Gasteiger partial charge in [-0.05, 0) is 30.3 Å². The van der Waals surface area contributed by atoms with E-state index < -0.39 is 34.7 Å². The Morgan fingerprint density at radius 1 is 1.00 bits per heavy atom. The van der Waals surface area contributed by atoms with Crippen LogP contribution in [0.2, 0.25) is 0 Å². The summed E-state index contributed by atoms with van der Waals surface area (Å²) >= 11 is 2.13. The third kappa shape index (κ3) is 2.72. The van der Waals surface area contributed by atoms with Gasteiger partial charge in [0.05, 0.1) is 16.6 Å². The molecule has 3 unspecified atom stereocenters. The number of hydrogen-bond acceptors (Lipinski definition) is 6. The molecule has 3 heterocycles. The summed E-state index contributed by atoms with van der Waals surface area (Å²) in [5.41, 5.74) is 0.783. The summed E-state index contributed by atoms with van der Waals surface area (Å²) in [5, 5.41) is 10.2. The highest BCUT2D eigenvalue weighted by Crippen LogP contribution is 2.54. The monoisotopic (exact) mass is 428 g/mol. The largest absolute Gasteiger partial charge is 0.508 e. The van der Waals surface area contributed by atoms with Crippen LogP contribution in [0.4, 0.5) is 10.1 Å². The number of para-hydroxylation sites is 1. The molecule has 2 aromatic carbocycles. The third-order valence-corrected chi connectivity index (χ3v) is 7.58. The number of amides is 2. The number of carbonyl (C=O) groups is 2. The van der Waals surface area contributed by atoms with Crippen LogP contribution in [0, 0.1) is 11.7 Å². The van der Waals surface area contributed by atoms with Gasteiger partial charge in [0, 0.05) is 16.4 Å². The maximum atomic E-state index is 13.4. The number of phenolic OH excluding ortho intramolecular Hbond substituents is 1. The van der Waals surface area contributed by atoms with Crippen molar-refractivity contribution in [3.63, 3.8) is 0 Å². The quantitative estimate of drug-likeness (QED) is 0.613. The molecular formula is C20H13FN2O4S2. The minimum absolute atomic E-state index is 0.00423. The Morgan fingerprint density at radius 3 is 2.45 bits per heavy atom. The number of rotatable bonds is 2. The number of benzene rings is 2. The lowest BCUT2D eigenvalue weighted by Crippen LogP contribution is -2.32. The molecule has 0 aliphatic carbocycles. The number of phenols is 1. The van der Waals surface area contributed by atoms with E-state index in [4.69, 9.17) is 0 Å². The van der Waals surface area contributed by atoms with Gasteiger partial charge < -0.3 is 10.1 Å².